The molecule has 0 atom stereocenters. The summed E-state index contributed by atoms with van der Waals surface area (Å²) in [5.74, 6) is 0. The van der Waals surface area contributed by atoms with Gasteiger partial charge in [0.2, 0.25) is 5.43 Å². The summed E-state index contributed by atoms with van der Waals surface area (Å²) in [6.45, 7) is 0. The van der Waals surface area contributed by atoms with Crippen LogP contribution in [0.4, 0.5) is 0 Å². The number of H-pyrrole nitrogens is 1. The smallest absolute Gasteiger partial charge is 0.202 e. The molecule has 0 radical (unpaired) electrons. The van der Waals surface area contributed by atoms with Crippen LogP contribution in [0.15, 0.2) is 41.3 Å². The zero-order chi connectivity index (χ0) is 8.84. The molecule has 2 nitrogen and oxygen atoms in total. The Balaban J connectivity index is 2.82. The van der Waals surface area contributed by atoms with Gasteiger partial charge < -0.3 is 4.98 Å². The van der Waals surface area contributed by atoms with Gasteiger partial charge in [0.15, 0.2) is 0 Å². The highest BCUT2D eigenvalue weighted by molar-refractivity contribution is 6.09. The summed E-state index contributed by atoms with van der Waals surface area (Å²) in [6.07, 6.45) is 1.80. The van der Waals surface area contributed by atoms with Crippen LogP contribution in [0.3, 0.4) is 0 Å². The van der Waals surface area contributed by atoms with E-state index in [4.69, 9.17) is 0 Å². The molecule has 62 valence electrons. The molecule has 0 saturated heterocycles. The molecule has 0 aliphatic heterocycles. The van der Waals surface area contributed by atoms with E-state index in [1.165, 1.54) is 0 Å². The molecule has 0 amide bonds. The molecule has 1 heterocycles. The van der Waals surface area contributed by atoms with E-state index in [0.717, 1.165) is 16.2 Å². The fourth-order valence-electron chi connectivity index (χ4n) is 1.81. The molecule has 13 heavy (non-hydrogen) atoms. The average molecular weight is 169 g/mol. The van der Waals surface area contributed by atoms with Crippen LogP contribution >= 0.6 is 0 Å². The molecule has 2 aromatic carbocycles. The van der Waals surface area contributed by atoms with Crippen LogP contribution in [0.25, 0.3) is 21.7 Å². The van der Waals surface area contributed by atoms with Gasteiger partial charge in [-0.1, -0.05) is 18.2 Å². The van der Waals surface area contributed by atoms with E-state index in [2.05, 4.69) is 4.98 Å². The molecule has 0 aliphatic rings. The van der Waals surface area contributed by atoms with Crippen LogP contribution in [-0.2, 0) is 0 Å². The lowest BCUT2D eigenvalue weighted by Gasteiger charge is -1.96. The van der Waals surface area contributed by atoms with Gasteiger partial charge in [0.1, 0.15) is 0 Å². The second-order valence-electron chi connectivity index (χ2n) is 3.17. The van der Waals surface area contributed by atoms with Gasteiger partial charge in [0.05, 0.1) is 5.52 Å². The predicted molar refractivity (Wildman–Crippen MR) is 53.3 cm³/mol. The van der Waals surface area contributed by atoms with E-state index in [1.807, 2.05) is 24.3 Å². The number of hydrogen-bond acceptors (Lipinski definition) is 1. The molecule has 3 aromatic rings. The molecule has 0 unspecified atom stereocenters. The lowest BCUT2D eigenvalue weighted by molar-refractivity contribution is 1.41. The minimum absolute atomic E-state index is 0.0595. The van der Waals surface area contributed by atoms with Crippen molar-refractivity contribution in [1.82, 2.24) is 4.98 Å². The van der Waals surface area contributed by atoms with Crippen molar-refractivity contribution in [2.45, 2.75) is 0 Å². The van der Waals surface area contributed by atoms with Gasteiger partial charge in [0.25, 0.3) is 0 Å². The Hall–Kier alpha value is -1.83. The maximum Gasteiger partial charge on any atom is 0.202 e. The molecule has 1 aromatic heterocycles. The van der Waals surface area contributed by atoms with Crippen molar-refractivity contribution < 1.29 is 0 Å². The highest BCUT2D eigenvalue weighted by Crippen LogP contribution is 2.23. The average Bonchev–Trinajstić information content (AvgIpc) is 2.57. The van der Waals surface area contributed by atoms with Crippen molar-refractivity contribution in [3.63, 3.8) is 0 Å². The van der Waals surface area contributed by atoms with E-state index in [1.54, 1.807) is 12.3 Å². The Kier molecular flexibility index (Phi) is 1.08. The predicted octanol–water partition coefficient (Wildman–Crippen LogP) is 2.12. The van der Waals surface area contributed by atoms with Crippen molar-refractivity contribution in [2.24, 2.45) is 0 Å². The molecule has 0 fully saturated rings. The zero-order valence-electron chi connectivity index (χ0n) is 6.87. The van der Waals surface area contributed by atoms with Crippen LogP contribution in [0.5, 0.6) is 0 Å². The molecule has 2 heteroatoms. The standard InChI is InChI=1S/C11H7NO/c13-9-4-3-7-1-2-8-5-6-12-11(9)10(7)8/h1-6,12H. The summed E-state index contributed by atoms with van der Waals surface area (Å²) in [5, 5.41) is 3.30. The summed E-state index contributed by atoms with van der Waals surface area (Å²) < 4.78 is 0. The topological polar surface area (TPSA) is 32.9 Å². The summed E-state index contributed by atoms with van der Waals surface area (Å²) in [7, 11) is 0. The summed E-state index contributed by atoms with van der Waals surface area (Å²) >= 11 is 0. The molecular weight excluding hydrogens is 162 g/mol. The molecule has 1 N–H and O–H groups in total. The SMILES string of the molecule is O=c1ccc2ccc3cc[nH]c1c32. The van der Waals surface area contributed by atoms with Crippen LogP contribution in [0, 0.1) is 0 Å². The monoisotopic (exact) mass is 169 g/mol. The minimum atomic E-state index is 0.0595. The fraction of sp³-hybridized carbons (Fsp3) is 0. The van der Waals surface area contributed by atoms with E-state index >= 15 is 0 Å². The summed E-state index contributed by atoms with van der Waals surface area (Å²) in [6, 6.07) is 9.52. The Morgan fingerprint density at radius 2 is 1.62 bits per heavy atom. The maximum atomic E-state index is 11.5. The first-order valence-electron chi connectivity index (χ1n) is 4.19. The molecular formula is C11H7NO. The van der Waals surface area contributed by atoms with Gasteiger partial charge in [-0.3, -0.25) is 4.79 Å². The number of benzene rings is 1. The molecule has 0 bridgehead atoms. The van der Waals surface area contributed by atoms with Crippen molar-refractivity contribution in [2.75, 3.05) is 0 Å². The second-order valence-corrected chi connectivity index (χ2v) is 3.17. The van der Waals surface area contributed by atoms with E-state index < -0.39 is 0 Å². The van der Waals surface area contributed by atoms with E-state index in [-0.39, 0.29) is 5.43 Å². The Labute approximate surface area is 74.2 Å². The quantitative estimate of drug-likeness (QED) is 0.549. The number of aromatic nitrogens is 1. The summed E-state index contributed by atoms with van der Waals surface area (Å²) in [5.41, 5.74) is 0.768. The first-order valence-corrected chi connectivity index (χ1v) is 4.19. The van der Waals surface area contributed by atoms with Crippen molar-refractivity contribution in [3.8, 4) is 0 Å². The maximum absolute atomic E-state index is 11.5. The van der Waals surface area contributed by atoms with Gasteiger partial charge in [-0.2, -0.15) is 0 Å². The highest BCUT2D eigenvalue weighted by atomic mass is 16.1. The Morgan fingerprint density at radius 1 is 0.923 bits per heavy atom. The zero-order valence-corrected chi connectivity index (χ0v) is 6.87. The normalized spacial score (nSPS) is 11.4. The van der Waals surface area contributed by atoms with Crippen LogP contribution in [0.2, 0.25) is 0 Å². The van der Waals surface area contributed by atoms with Crippen LogP contribution in [-0.4, -0.2) is 4.98 Å². The number of nitrogens with one attached hydrogen (secondary N) is 1. The van der Waals surface area contributed by atoms with Gasteiger partial charge >= 0.3 is 0 Å². The van der Waals surface area contributed by atoms with Crippen LogP contribution in [0.1, 0.15) is 0 Å². The lowest BCUT2D eigenvalue weighted by atomic mass is 10.1. The second kappa shape index (κ2) is 2.10. The Bertz CT molecular complexity index is 609. The summed E-state index contributed by atoms with van der Waals surface area (Å²) in [4.78, 5) is 14.4. The van der Waals surface area contributed by atoms with Crippen molar-refractivity contribution in [1.29, 1.82) is 0 Å². The fourth-order valence-corrected chi connectivity index (χ4v) is 1.81. The number of rotatable bonds is 0. The third-order valence-electron chi connectivity index (χ3n) is 2.42. The number of pyridine rings is 1. The van der Waals surface area contributed by atoms with E-state index in [9.17, 15) is 4.79 Å². The van der Waals surface area contributed by atoms with E-state index in [0.29, 0.717) is 5.52 Å². The third-order valence-corrected chi connectivity index (χ3v) is 2.42. The van der Waals surface area contributed by atoms with Crippen molar-refractivity contribution in [3.05, 3.63) is 46.8 Å². The van der Waals surface area contributed by atoms with Gasteiger partial charge in [0, 0.05) is 11.6 Å². The minimum Gasteiger partial charge on any atom is -0.358 e. The Morgan fingerprint density at radius 3 is 2.46 bits per heavy atom. The molecule has 0 aliphatic carbocycles. The van der Waals surface area contributed by atoms with Crippen LogP contribution < -0.4 is 5.43 Å². The highest BCUT2D eigenvalue weighted by Gasteiger charge is 2.04. The third kappa shape index (κ3) is 0.746. The first-order chi connectivity index (χ1) is 6.36. The first kappa shape index (κ1) is 6.66. The molecule has 0 saturated carbocycles. The lowest BCUT2D eigenvalue weighted by Crippen LogP contribution is -1.99. The van der Waals surface area contributed by atoms with Gasteiger partial charge in [-0.15, -0.1) is 0 Å². The largest absolute Gasteiger partial charge is 0.358 e. The number of aromatic amines is 1. The molecule has 3 rings (SSSR count). The van der Waals surface area contributed by atoms with Crippen molar-refractivity contribution >= 4 is 21.7 Å². The number of hydrogen-bond donors (Lipinski definition) is 1. The van der Waals surface area contributed by atoms with Gasteiger partial charge in [-0.25, -0.2) is 0 Å². The van der Waals surface area contributed by atoms with Gasteiger partial charge in [-0.05, 0) is 22.9 Å². The molecule has 0 spiro atoms.